The van der Waals surface area contributed by atoms with E-state index in [4.69, 9.17) is 15.3 Å². The molecular formula is C24H21N7O3. The number of methoxy groups -OCH3 is 1. The van der Waals surface area contributed by atoms with Crippen LogP contribution in [-0.4, -0.2) is 45.7 Å². The number of nitrogens with one attached hydrogen (secondary N) is 2. The normalized spacial score (nSPS) is 22.0. The van der Waals surface area contributed by atoms with Crippen molar-refractivity contribution in [2.45, 2.75) is 31.2 Å². The van der Waals surface area contributed by atoms with Crippen LogP contribution in [-0.2, 0) is 9.53 Å². The van der Waals surface area contributed by atoms with E-state index in [0.717, 1.165) is 24.8 Å². The van der Waals surface area contributed by atoms with Crippen molar-refractivity contribution in [1.29, 1.82) is 10.5 Å². The molecule has 0 aromatic carbocycles. The Kier molecular flexibility index (Phi) is 4.94. The first-order chi connectivity index (χ1) is 16.4. The molecular weight excluding hydrogens is 434 g/mol. The molecule has 1 amide bonds. The minimum Gasteiger partial charge on any atom is -0.469 e. The smallest absolute Gasteiger partial charge is 0.306 e. The second kappa shape index (κ2) is 7.85. The van der Waals surface area contributed by atoms with E-state index in [1.807, 2.05) is 18.2 Å². The van der Waals surface area contributed by atoms with Crippen molar-refractivity contribution in [1.82, 2.24) is 19.9 Å². The first-order valence-electron chi connectivity index (χ1n) is 10.8. The average Bonchev–Trinajstić information content (AvgIpc) is 3.23. The molecule has 0 aliphatic heterocycles. The summed E-state index contributed by atoms with van der Waals surface area (Å²) in [5.41, 5.74) is 3.27. The van der Waals surface area contributed by atoms with Gasteiger partial charge >= 0.3 is 5.97 Å². The summed E-state index contributed by atoms with van der Waals surface area (Å²) < 4.78 is 6.51. The number of pyridine rings is 1. The molecule has 3 aliphatic rings. The summed E-state index contributed by atoms with van der Waals surface area (Å²) in [6.45, 7) is -0.109. The van der Waals surface area contributed by atoms with Crippen molar-refractivity contribution in [2.24, 2.45) is 5.41 Å². The van der Waals surface area contributed by atoms with Gasteiger partial charge in [0.2, 0.25) is 0 Å². The fourth-order valence-electron chi connectivity index (χ4n) is 5.33. The van der Waals surface area contributed by atoms with Gasteiger partial charge in [-0.05, 0) is 48.9 Å². The largest absolute Gasteiger partial charge is 0.469 e. The van der Waals surface area contributed by atoms with Crippen LogP contribution < -0.4 is 10.6 Å². The van der Waals surface area contributed by atoms with Gasteiger partial charge in [0.1, 0.15) is 12.6 Å². The number of rotatable bonds is 7. The zero-order valence-electron chi connectivity index (χ0n) is 18.5. The lowest BCUT2D eigenvalue weighted by atomic mass is 9.38. The molecule has 0 atom stereocenters. The predicted octanol–water partition coefficient (Wildman–Crippen LogP) is 2.42. The Bertz CT molecular complexity index is 1390. The zero-order chi connectivity index (χ0) is 23.9. The number of carbonyl (C=O) groups excluding carboxylic acids is 2. The topological polar surface area (TPSA) is 145 Å². The molecule has 0 unspecified atom stereocenters. The summed E-state index contributed by atoms with van der Waals surface area (Å²) in [6, 6.07) is 11.2. The quantitative estimate of drug-likeness (QED) is 0.408. The molecule has 2 N–H and O–H groups in total. The summed E-state index contributed by atoms with van der Waals surface area (Å²) in [5.74, 6) is -0.598. The number of fused-ring (bicyclic) bond motifs is 1. The molecule has 34 heavy (non-hydrogen) atoms. The highest BCUT2D eigenvalue weighted by Gasteiger charge is 2.68. The monoisotopic (exact) mass is 455 g/mol. The van der Waals surface area contributed by atoms with Gasteiger partial charge < -0.3 is 15.4 Å². The standard InChI is InChI=1S/C24H21N7O3/c1-34-21(32)8-23-12-24(13-23,14-23)30-18-7-19(28-11-17(18)22(33)27-5-4-25)20-3-2-16-6-15(9-26)10-29-31(16)20/h2-3,6-7,10-11H,5,8,12-14H2,1H3,(H,27,33)(H,28,30). The zero-order valence-corrected chi connectivity index (χ0v) is 18.5. The lowest BCUT2D eigenvalue weighted by Crippen LogP contribution is -2.71. The molecule has 3 aromatic rings. The van der Waals surface area contributed by atoms with Gasteiger partial charge in [0.05, 0.1) is 59.5 Å². The summed E-state index contributed by atoms with van der Waals surface area (Å²) in [7, 11) is 1.40. The second-order valence-electron chi connectivity index (χ2n) is 9.06. The van der Waals surface area contributed by atoms with Crippen LogP contribution in [0.15, 0.2) is 36.7 Å². The molecule has 3 aliphatic carbocycles. The molecule has 10 heteroatoms. The number of carbonyl (C=O) groups is 2. The minimum absolute atomic E-state index is 0.0285. The Hall–Kier alpha value is -4.44. The van der Waals surface area contributed by atoms with Gasteiger partial charge in [-0.15, -0.1) is 0 Å². The molecule has 0 spiro atoms. The SMILES string of the molecule is COC(=O)CC12CC(Nc3cc(-c4ccc5cc(C#N)cnn45)ncc3C(=O)NCC#N)(C1)C2. The highest BCUT2D eigenvalue weighted by atomic mass is 16.5. The highest BCUT2D eigenvalue weighted by Crippen LogP contribution is 2.70. The van der Waals surface area contributed by atoms with Crippen LogP contribution in [0.3, 0.4) is 0 Å². The molecule has 3 aromatic heterocycles. The molecule has 3 saturated carbocycles. The van der Waals surface area contributed by atoms with Gasteiger partial charge in [0.15, 0.2) is 0 Å². The van der Waals surface area contributed by atoms with E-state index in [1.165, 1.54) is 19.5 Å². The van der Waals surface area contributed by atoms with E-state index >= 15 is 0 Å². The van der Waals surface area contributed by atoms with E-state index in [-0.39, 0.29) is 23.5 Å². The van der Waals surface area contributed by atoms with E-state index < -0.39 is 5.91 Å². The minimum atomic E-state index is -0.393. The number of amides is 1. The Morgan fingerprint density at radius 3 is 2.71 bits per heavy atom. The molecule has 2 bridgehead atoms. The maximum Gasteiger partial charge on any atom is 0.306 e. The van der Waals surface area contributed by atoms with Gasteiger partial charge in [0.25, 0.3) is 5.91 Å². The third kappa shape index (κ3) is 3.50. The molecule has 10 nitrogen and oxygen atoms in total. The number of ether oxygens (including phenoxy) is 1. The van der Waals surface area contributed by atoms with Gasteiger partial charge in [-0.2, -0.15) is 15.6 Å². The van der Waals surface area contributed by atoms with Crippen LogP contribution in [0.1, 0.15) is 41.6 Å². The van der Waals surface area contributed by atoms with Crippen LogP contribution in [0, 0.1) is 28.1 Å². The number of hydrogen-bond donors (Lipinski definition) is 2. The Morgan fingerprint density at radius 1 is 1.21 bits per heavy atom. The van der Waals surface area contributed by atoms with Crippen LogP contribution in [0.5, 0.6) is 0 Å². The van der Waals surface area contributed by atoms with E-state index in [2.05, 4.69) is 26.8 Å². The molecule has 170 valence electrons. The summed E-state index contributed by atoms with van der Waals surface area (Å²) >= 11 is 0. The predicted molar refractivity (Wildman–Crippen MR) is 120 cm³/mol. The van der Waals surface area contributed by atoms with E-state index in [9.17, 15) is 9.59 Å². The van der Waals surface area contributed by atoms with E-state index in [0.29, 0.717) is 34.6 Å². The molecule has 6 rings (SSSR count). The van der Waals surface area contributed by atoms with Crippen LogP contribution in [0.25, 0.3) is 16.9 Å². The summed E-state index contributed by atoms with van der Waals surface area (Å²) in [5, 5.41) is 28.4. The van der Waals surface area contributed by atoms with Gasteiger partial charge in [-0.25, -0.2) is 4.52 Å². The number of hydrogen-bond acceptors (Lipinski definition) is 8. The Balaban J connectivity index is 1.46. The maximum absolute atomic E-state index is 12.7. The molecule has 3 heterocycles. The van der Waals surface area contributed by atoms with Crippen LogP contribution in [0.4, 0.5) is 5.69 Å². The highest BCUT2D eigenvalue weighted by molar-refractivity contribution is 6.00. The number of anilines is 1. The Morgan fingerprint density at radius 2 is 2.00 bits per heavy atom. The van der Waals surface area contributed by atoms with E-state index in [1.54, 1.807) is 16.6 Å². The maximum atomic E-state index is 12.7. The Labute approximate surface area is 195 Å². The summed E-state index contributed by atoms with van der Waals surface area (Å²) in [6.07, 6.45) is 5.83. The van der Waals surface area contributed by atoms with Crippen LogP contribution in [0.2, 0.25) is 0 Å². The molecule has 3 fully saturated rings. The first kappa shape index (κ1) is 21.4. The number of nitriles is 2. The summed E-state index contributed by atoms with van der Waals surface area (Å²) in [4.78, 5) is 28.9. The number of esters is 1. The van der Waals surface area contributed by atoms with Crippen molar-refractivity contribution < 1.29 is 14.3 Å². The van der Waals surface area contributed by atoms with Crippen molar-refractivity contribution in [3.63, 3.8) is 0 Å². The fraction of sp³-hybridized carbons (Fsp3) is 0.333. The third-order valence-corrected chi connectivity index (χ3v) is 6.66. The second-order valence-corrected chi connectivity index (χ2v) is 9.06. The number of aromatic nitrogens is 3. The third-order valence-electron chi connectivity index (χ3n) is 6.66. The van der Waals surface area contributed by atoms with Gasteiger partial charge in [-0.3, -0.25) is 14.6 Å². The van der Waals surface area contributed by atoms with Gasteiger partial charge in [0, 0.05) is 11.7 Å². The first-order valence-corrected chi connectivity index (χ1v) is 10.8. The molecule has 0 radical (unpaired) electrons. The fourth-order valence-corrected chi connectivity index (χ4v) is 5.33. The van der Waals surface area contributed by atoms with Crippen molar-refractivity contribution in [3.05, 3.63) is 47.8 Å². The number of nitrogens with zero attached hydrogens (tertiary/aromatic N) is 5. The van der Waals surface area contributed by atoms with Crippen molar-refractivity contribution in [2.75, 3.05) is 19.0 Å². The van der Waals surface area contributed by atoms with Crippen LogP contribution >= 0.6 is 0 Å². The average molecular weight is 455 g/mol. The molecule has 0 saturated heterocycles. The lowest BCUT2D eigenvalue weighted by Gasteiger charge is -2.71. The van der Waals surface area contributed by atoms with Crippen molar-refractivity contribution >= 4 is 23.1 Å². The van der Waals surface area contributed by atoms with Gasteiger partial charge in [-0.1, -0.05) is 0 Å². The lowest BCUT2D eigenvalue weighted by molar-refractivity contribution is -0.163. The van der Waals surface area contributed by atoms with Crippen molar-refractivity contribution in [3.8, 4) is 23.5 Å².